The van der Waals surface area contributed by atoms with Gasteiger partial charge in [0, 0.05) is 63.3 Å². The van der Waals surface area contributed by atoms with Gasteiger partial charge in [-0.15, -0.1) is 0 Å². The van der Waals surface area contributed by atoms with Gasteiger partial charge >= 0.3 is 0 Å². The van der Waals surface area contributed by atoms with Crippen molar-refractivity contribution in [2.75, 3.05) is 32.1 Å². The number of anilines is 1. The molecule has 0 bridgehead atoms. The zero-order chi connectivity index (χ0) is 20.6. The van der Waals surface area contributed by atoms with E-state index in [4.69, 9.17) is 0 Å². The standard InChI is InChI=1S/C22H27N5O2/c1-26(2)22-24-15-18(16-25-22)8-11-20(28)23-14-17-6-9-19(10-7-17)21(29)27-12-4-3-5-13-27/h6-11,15-16H,3-5,12-14H2,1-2H3,(H,23,28). The molecule has 1 aliphatic heterocycles. The fraction of sp³-hybridized carbons (Fsp3) is 0.364. The monoisotopic (exact) mass is 393 g/mol. The Morgan fingerprint density at radius 2 is 1.72 bits per heavy atom. The van der Waals surface area contributed by atoms with Gasteiger partial charge in [-0.05, 0) is 43.0 Å². The van der Waals surface area contributed by atoms with Gasteiger partial charge in [0.05, 0.1) is 0 Å². The van der Waals surface area contributed by atoms with Crippen LogP contribution in [0, 0.1) is 0 Å². The molecule has 2 heterocycles. The van der Waals surface area contributed by atoms with Crippen molar-refractivity contribution in [3.8, 4) is 0 Å². The number of nitrogens with one attached hydrogen (secondary N) is 1. The average molecular weight is 393 g/mol. The second kappa shape index (κ2) is 9.82. The van der Waals surface area contributed by atoms with Gasteiger partial charge in [0.25, 0.3) is 5.91 Å². The quantitative estimate of drug-likeness (QED) is 0.763. The first-order chi connectivity index (χ1) is 14.0. The number of carbonyl (C=O) groups excluding carboxylic acids is 2. The van der Waals surface area contributed by atoms with Crippen LogP contribution in [0.25, 0.3) is 6.08 Å². The van der Waals surface area contributed by atoms with Gasteiger partial charge in [-0.1, -0.05) is 12.1 Å². The first kappa shape index (κ1) is 20.5. The Kier molecular flexibility index (Phi) is 6.94. The van der Waals surface area contributed by atoms with Crippen molar-refractivity contribution >= 4 is 23.8 Å². The van der Waals surface area contributed by atoms with Crippen molar-refractivity contribution in [2.24, 2.45) is 0 Å². The van der Waals surface area contributed by atoms with Crippen LogP contribution in [-0.4, -0.2) is 53.9 Å². The number of piperidine rings is 1. The van der Waals surface area contributed by atoms with Gasteiger partial charge in [0.1, 0.15) is 0 Å². The highest BCUT2D eigenvalue weighted by atomic mass is 16.2. The summed E-state index contributed by atoms with van der Waals surface area (Å²) >= 11 is 0. The summed E-state index contributed by atoms with van der Waals surface area (Å²) in [4.78, 5) is 36.7. The maximum absolute atomic E-state index is 12.5. The third-order valence-electron chi connectivity index (χ3n) is 4.80. The number of amides is 2. The lowest BCUT2D eigenvalue weighted by Crippen LogP contribution is -2.35. The molecule has 1 fully saturated rings. The molecule has 0 unspecified atom stereocenters. The van der Waals surface area contributed by atoms with Crippen LogP contribution in [0.4, 0.5) is 5.95 Å². The summed E-state index contributed by atoms with van der Waals surface area (Å²) < 4.78 is 0. The second-order valence-corrected chi connectivity index (χ2v) is 7.31. The van der Waals surface area contributed by atoms with Gasteiger partial charge in [0.2, 0.25) is 11.9 Å². The number of nitrogens with zero attached hydrogens (tertiary/aromatic N) is 4. The van der Waals surface area contributed by atoms with E-state index in [-0.39, 0.29) is 11.8 Å². The highest BCUT2D eigenvalue weighted by Crippen LogP contribution is 2.14. The van der Waals surface area contributed by atoms with Gasteiger partial charge in [0.15, 0.2) is 0 Å². The molecule has 2 amide bonds. The van der Waals surface area contributed by atoms with E-state index < -0.39 is 0 Å². The lowest BCUT2D eigenvalue weighted by Gasteiger charge is -2.26. The minimum absolute atomic E-state index is 0.0886. The predicted molar refractivity (Wildman–Crippen MR) is 113 cm³/mol. The highest BCUT2D eigenvalue weighted by molar-refractivity contribution is 5.94. The molecule has 0 saturated carbocycles. The van der Waals surface area contributed by atoms with Gasteiger partial charge in [-0.3, -0.25) is 9.59 Å². The van der Waals surface area contributed by atoms with Crippen molar-refractivity contribution < 1.29 is 9.59 Å². The van der Waals surface area contributed by atoms with Crippen LogP contribution in [0.1, 0.15) is 40.7 Å². The zero-order valence-electron chi connectivity index (χ0n) is 17.0. The number of hydrogen-bond acceptors (Lipinski definition) is 5. The molecule has 1 saturated heterocycles. The van der Waals surface area contributed by atoms with Crippen molar-refractivity contribution in [3.05, 3.63) is 59.4 Å². The van der Waals surface area contributed by atoms with Crippen LogP contribution in [-0.2, 0) is 11.3 Å². The molecule has 1 aromatic heterocycles. The van der Waals surface area contributed by atoms with Crippen molar-refractivity contribution in [2.45, 2.75) is 25.8 Å². The molecular weight excluding hydrogens is 366 g/mol. The Balaban J connectivity index is 1.49. The minimum Gasteiger partial charge on any atom is -0.348 e. The van der Waals surface area contributed by atoms with E-state index in [9.17, 15) is 9.59 Å². The summed E-state index contributed by atoms with van der Waals surface area (Å²) in [5.41, 5.74) is 2.40. The number of aromatic nitrogens is 2. The number of likely N-dealkylation sites (tertiary alicyclic amines) is 1. The van der Waals surface area contributed by atoms with Crippen molar-refractivity contribution in [1.82, 2.24) is 20.2 Å². The normalized spacial score (nSPS) is 14.1. The summed E-state index contributed by atoms with van der Waals surface area (Å²) in [5, 5.41) is 2.84. The fourth-order valence-electron chi connectivity index (χ4n) is 3.11. The predicted octanol–water partition coefficient (Wildman–Crippen LogP) is 2.50. The number of benzene rings is 1. The fourth-order valence-corrected chi connectivity index (χ4v) is 3.11. The molecule has 0 spiro atoms. The number of hydrogen-bond donors (Lipinski definition) is 1. The molecule has 0 radical (unpaired) electrons. The molecule has 0 aliphatic carbocycles. The topological polar surface area (TPSA) is 78.4 Å². The van der Waals surface area contributed by atoms with Gasteiger partial charge in [-0.25, -0.2) is 9.97 Å². The Bertz CT molecular complexity index is 854. The summed E-state index contributed by atoms with van der Waals surface area (Å²) in [6.45, 7) is 2.08. The lowest BCUT2D eigenvalue weighted by atomic mass is 10.1. The third kappa shape index (κ3) is 5.88. The number of rotatable bonds is 6. The van der Waals surface area contributed by atoms with E-state index >= 15 is 0 Å². The zero-order valence-corrected chi connectivity index (χ0v) is 17.0. The summed E-state index contributed by atoms with van der Waals surface area (Å²) in [7, 11) is 3.74. The second-order valence-electron chi connectivity index (χ2n) is 7.31. The lowest BCUT2D eigenvalue weighted by molar-refractivity contribution is -0.116. The minimum atomic E-state index is -0.199. The van der Waals surface area contributed by atoms with E-state index in [0.717, 1.165) is 37.1 Å². The van der Waals surface area contributed by atoms with E-state index in [1.807, 2.05) is 48.2 Å². The Morgan fingerprint density at radius 3 is 2.34 bits per heavy atom. The molecule has 1 aliphatic rings. The molecule has 1 aromatic carbocycles. The Labute approximate surface area is 171 Å². The molecule has 7 nitrogen and oxygen atoms in total. The van der Waals surface area contributed by atoms with E-state index in [2.05, 4.69) is 15.3 Å². The van der Waals surface area contributed by atoms with Crippen LogP contribution in [0.2, 0.25) is 0 Å². The summed E-state index contributed by atoms with van der Waals surface area (Å²) in [6, 6.07) is 7.43. The summed E-state index contributed by atoms with van der Waals surface area (Å²) in [6.07, 6.45) is 9.84. The maximum Gasteiger partial charge on any atom is 0.253 e. The van der Waals surface area contributed by atoms with Crippen LogP contribution in [0.3, 0.4) is 0 Å². The van der Waals surface area contributed by atoms with Crippen molar-refractivity contribution in [1.29, 1.82) is 0 Å². The third-order valence-corrected chi connectivity index (χ3v) is 4.80. The van der Waals surface area contributed by atoms with Crippen LogP contribution < -0.4 is 10.2 Å². The van der Waals surface area contributed by atoms with Gasteiger partial charge < -0.3 is 15.1 Å². The average Bonchev–Trinajstić information content (AvgIpc) is 2.77. The van der Waals surface area contributed by atoms with Crippen LogP contribution in [0.5, 0.6) is 0 Å². The largest absolute Gasteiger partial charge is 0.348 e. The molecule has 7 heteroatoms. The van der Waals surface area contributed by atoms with E-state index in [0.29, 0.717) is 18.1 Å². The molecule has 0 atom stereocenters. The van der Waals surface area contributed by atoms with Crippen molar-refractivity contribution in [3.63, 3.8) is 0 Å². The Morgan fingerprint density at radius 1 is 1.07 bits per heavy atom. The molecule has 3 rings (SSSR count). The highest BCUT2D eigenvalue weighted by Gasteiger charge is 2.17. The van der Waals surface area contributed by atoms with Gasteiger partial charge in [-0.2, -0.15) is 0 Å². The molecule has 2 aromatic rings. The SMILES string of the molecule is CN(C)c1ncc(C=CC(=O)NCc2ccc(C(=O)N3CCCCC3)cc2)cn1. The molecule has 152 valence electrons. The van der Waals surface area contributed by atoms with E-state index in [1.54, 1.807) is 18.5 Å². The molecule has 1 N–H and O–H groups in total. The number of carbonyl (C=O) groups is 2. The van der Waals surface area contributed by atoms with Crippen LogP contribution in [0.15, 0.2) is 42.7 Å². The van der Waals surface area contributed by atoms with Crippen LogP contribution >= 0.6 is 0 Å². The molecular formula is C22H27N5O2. The maximum atomic E-state index is 12.5. The Hall–Kier alpha value is -3.22. The van der Waals surface area contributed by atoms with E-state index in [1.165, 1.54) is 12.5 Å². The first-order valence-corrected chi connectivity index (χ1v) is 9.86. The smallest absolute Gasteiger partial charge is 0.253 e. The summed E-state index contributed by atoms with van der Waals surface area (Å²) in [5.74, 6) is 0.509. The molecule has 29 heavy (non-hydrogen) atoms. The first-order valence-electron chi connectivity index (χ1n) is 9.86.